The molecule has 1 fully saturated rings. The Kier molecular flexibility index (Phi) is 3.92. The molecule has 0 spiro atoms. The average Bonchev–Trinajstić information content (AvgIpc) is 2.67. The molecule has 0 aliphatic carbocycles. The van der Waals surface area contributed by atoms with E-state index in [0.717, 1.165) is 44.4 Å². The Bertz CT molecular complexity index is 320. The van der Waals surface area contributed by atoms with Crippen molar-refractivity contribution in [2.75, 3.05) is 57.4 Å². The van der Waals surface area contributed by atoms with E-state index < -0.39 is 0 Å². The Morgan fingerprint density at radius 3 is 2.75 bits per heavy atom. The van der Waals surface area contributed by atoms with Crippen LogP contribution in [0.15, 0.2) is 0 Å². The quantitative estimate of drug-likeness (QED) is 0.761. The van der Waals surface area contributed by atoms with Crippen molar-refractivity contribution in [2.24, 2.45) is 0 Å². The van der Waals surface area contributed by atoms with E-state index in [1.54, 1.807) is 0 Å². The van der Waals surface area contributed by atoms with Crippen LogP contribution in [0.4, 0.5) is 11.1 Å². The van der Waals surface area contributed by atoms with Crippen LogP contribution in [0, 0.1) is 0 Å². The monoisotopic (exact) mass is 242 g/mol. The van der Waals surface area contributed by atoms with Crippen LogP contribution in [0.2, 0.25) is 0 Å². The molecule has 0 amide bonds. The van der Waals surface area contributed by atoms with Crippen molar-refractivity contribution >= 4 is 22.6 Å². The van der Waals surface area contributed by atoms with E-state index in [-0.39, 0.29) is 0 Å². The van der Waals surface area contributed by atoms with E-state index in [0.29, 0.717) is 5.95 Å². The molecule has 0 saturated carbocycles. The van der Waals surface area contributed by atoms with Crippen LogP contribution in [0.3, 0.4) is 0 Å². The van der Waals surface area contributed by atoms with Gasteiger partial charge in [-0.3, -0.25) is 4.90 Å². The van der Waals surface area contributed by atoms with Crippen molar-refractivity contribution in [1.29, 1.82) is 0 Å². The lowest BCUT2D eigenvalue weighted by atomic mass is 10.3. The van der Waals surface area contributed by atoms with Crippen molar-refractivity contribution in [1.82, 2.24) is 19.2 Å². The molecule has 2 rings (SSSR count). The number of hydrogen-bond acceptors (Lipinski definition) is 7. The number of hydrogen-bond donors (Lipinski definition) is 2. The fraction of sp³-hybridized carbons (Fsp3) is 0.778. The van der Waals surface area contributed by atoms with Gasteiger partial charge in [0, 0.05) is 50.8 Å². The number of nitrogens with one attached hydrogen (secondary N) is 1. The van der Waals surface area contributed by atoms with Gasteiger partial charge in [0.2, 0.25) is 11.1 Å². The Balaban J connectivity index is 1.64. The summed E-state index contributed by atoms with van der Waals surface area (Å²) < 4.78 is 3.92. The minimum Gasteiger partial charge on any atom is -0.367 e. The minimum atomic E-state index is 0.354. The molecule has 3 N–H and O–H groups in total. The molecule has 0 unspecified atom stereocenters. The standard InChI is InChI=1S/C9H18N6S/c1-14-4-6-15(7-5-14)3-2-11-9-12-8(10)13-16-9/h2-7H2,1H3,(H3,10,11,12,13). The summed E-state index contributed by atoms with van der Waals surface area (Å²) in [5.41, 5.74) is 5.44. The zero-order valence-corrected chi connectivity index (χ0v) is 10.3. The first-order chi connectivity index (χ1) is 7.74. The Morgan fingerprint density at radius 1 is 1.38 bits per heavy atom. The zero-order valence-electron chi connectivity index (χ0n) is 9.52. The number of piperazine rings is 1. The molecule has 1 aliphatic rings. The second kappa shape index (κ2) is 5.42. The highest BCUT2D eigenvalue weighted by molar-refractivity contribution is 7.09. The summed E-state index contributed by atoms with van der Waals surface area (Å²) in [5, 5.41) is 4.05. The first kappa shape index (κ1) is 11.6. The number of anilines is 2. The lowest BCUT2D eigenvalue weighted by Gasteiger charge is -2.32. The van der Waals surface area contributed by atoms with Gasteiger partial charge in [-0.15, -0.1) is 0 Å². The smallest absolute Gasteiger partial charge is 0.233 e. The topological polar surface area (TPSA) is 70.3 Å². The van der Waals surface area contributed by atoms with E-state index in [1.807, 2.05) is 0 Å². The van der Waals surface area contributed by atoms with E-state index in [2.05, 4.69) is 31.5 Å². The Morgan fingerprint density at radius 2 is 2.12 bits per heavy atom. The van der Waals surface area contributed by atoms with Gasteiger partial charge in [0.05, 0.1) is 0 Å². The SMILES string of the molecule is CN1CCN(CCNc2nc(N)ns2)CC1. The average molecular weight is 242 g/mol. The molecule has 90 valence electrons. The van der Waals surface area contributed by atoms with Crippen LogP contribution >= 0.6 is 11.5 Å². The van der Waals surface area contributed by atoms with Crippen molar-refractivity contribution in [3.8, 4) is 0 Å². The van der Waals surface area contributed by atoms with Crippen LogP contribution in [0.5, 0.6) is 0 Å². The maximum atomic E-state index is 5.44. The van der Waals surface area contributed by atoms with E-state index >= 15 is 0 Å². The van der Waals surface area contributed by atoms with Gasteiger partial charge in [0.25, 0.3) is 0 Å². The third kappa shape index (κ3) is 3.29. The van der Waals surface area contributed by atoms with Crippen molar-refractivity contribution in [2.45, 2.75) is 0 Å². The van der Waals surface area contributed by atoms with Gasteiger partial charge in [-0.2, -0.15) is 9.36 Å². The minimum absolute atomic E-state index is 0.354. The van der Waals surface area contributed by atoms with E-state index in [4.69, 9.17) is 5.73 Å². The lowest BCUT2D eigenvalue weighted by Crippen LogP contribution is -2.45. The second-order valence-electron chi connectivity index (χ2n) is 4.03. The molecule has 0 radical (unpaired) electrons. The number of nitrogens with zero attached hydrogens (tertiary/aromatic N) is 4. The second-order valence-corrected chi connectivity index (χ2v) is 4.78. The van der Waals surface area contributed by atoms with Gasteiger partial charge < -0.3 is 16.0 Å². The molecule has 6 nitrogen and oxygen atoms in total. The summed E-state index contributed by atoms with van der Waals surface area (Å²) in [6, 6.07) is 0. The van der Waals surface area contributed by atoms with Crippen molar-refractivity contribution in [3.05, 3.63) is 0 Å². The number of aromatic nitrogens is 2. The fourth-order valence-corrected chi connectivity index (χ4v) is 2.22. The number of likely N-dealkylation sites (N-methyl/N-ethyl adjacent to an activating group) is 1. The zero-order chi connectivity index (χ0) is 11.4. The van der Waals surface area contributed by atoms with Gasteiger partial charge >= 0.3 is 0 Å². The van der Waals surface area contributed by atoms with Crippen LogP contribution in [0.25, 0.3) is 0 Å². The van der Waals surface area contributed by atoms with Crippen LogP contribution < -0.4 is 11.1 Å². The van der Waals surface area contributed by atoms with Crippen molar-refractivity contribution < 1.29 is 0 Å². The van der Waals surface area contributed by atoms with Gasteiger partial charge in [-0.1, -0.05) is 0 Å². The molecular weight excluding hydrogens is 224 g/mol. The third-order valence-corrected chi connectivity index (χ3v) is 3.43. The molecule has 1 saturated heterocycles. The predicted molar refractivity (Wildman–Crippen MR) is 66.7 cm³/mol. The van der Waals surface area contributed by atoms with Gasteiger partial charge in [-0.05, 0) is 7.05 Å². The van der Waals surface area contributed by atoms with Crippen LogP contribution in [0.1, 0.15) is 0 Å². The van der Waals surface area contributed by atoms with E-state index in [1.165, 1.54) is 11.5 Å². The molecule has 0 aromatic carbocycles. The first-order valence-electron chi connectivity index (χ1n) is 5.48. The molecule has 1 aliphatic heterocycles. The van der Waals surface area contributed by atoms with Gasteiger partial charge in [0.1, 0.15) is 0 Å². The highest BCUT2D eigenvalue weighted by Gasteiger charge is 2.12. The summed E-state index contributed by atoms with van der Waals surface area (Å²) in [7, 11) is 2.17. The summed E-state index contributed by atoms with van der Waals surface area (Å²) in [6.45, 7) is 6.57. The number of nitrogen functional groups attached to an aromatic ring is 1. The molecule has 7 heteroatoms. The molecule has 1 aromatic heterocycles. The van der Waals surface area contributed by atoms with Gasteiger partial charge in [0.15, 0.2) is 0 Å². The molecule has 0 atom stereocenters. The largest absolute Gasteiger partial charge is 0.367 e. The Hall–Kier alpha value is -0.920. The maximum absolute atomic E-state index is 5.44. The highest BCUT2D eigenvalue weighted by atomic mass is 32.1. The lowest BCUT2D eigenvalue weighted by molar-refractivity contribution is 0.158. The predicted octanol–water partition coefficient (Wildman–Crippen LogP) is -0.220. The summed E-state index contributed by atoms with van der Waals surface area (Å²) >= 11 is 1.31. The summed E-state index contributed by atoms with van der Waals surface area (Å²) in [6.07, 6.45) is 0. The third-order valence-electron chi connectivity index (χ3n) is 2.74. The number of rotatable bonds is 4. The molecule has 1 aromatic rings. The fourth-order valence-electron chi connectivity index (χ4n) is 1.70. The maximum Gasteiger partial charge on any atom is 0.233 e. The highest BCUT2D eigenvalue weighted by Crippen LogP contribution is 2.11. The van der Waals surface area contributed by atoms with Crippen LogP contribution in [-0.2, 0) is 0 Å². The molecule has 16 heavy (non-hydrogen) atoms. The molecule has 2 heterocycles. The normalized spacial score (nSPS) is 18.8. The van der Waals surface area contributed by atoms with Gasteiger partial charge in [-0.25, -0.2) is 0 Å². The molecular formula is C9H18N6S. The van der Waals surface area contributed by atoms with Crippen molar-refractivity contribution in [3.63, 3.8) is 0 Å². The summed E-state index contributed by atoms with van der Waals surface area (Å²) in [5.74, 6) is 0.354. The number of nitrogens with two attached hydrogens (primary N) is 1. The Labute approximate surface area is 99.6 Å². The first-order valence-corrected chi connectivity index (χ1v) is 6.25. The van der Waals surface area contributed by atoms with Crippen LogP contribution in [-0.4, -0.2) is 65.5 Å². The van der Waals surface area contributed by atoms with E-state index in [9.17, 15) is 0 Å². The molecule has 0 bridgehead atoms. The summed E-state index contributed by atoms with van der Waals surface area (Å²) in [4.78, 5) is 8.86.